The van der Waals surface area contributed by atoms with Gasteiger partial charge in [0.25, 0.3) is 0 Å². The lowest BCUT2D eigenvalue weighted by Gasteiger charge is -2.10. The Kier molecular flexibility index (Phi) is 2.75. The highest BCUT2D eigenvalue weighted by Crippen LogP contribution is 2.20. The first-order chi connectivity index (χ1) is 7.22. The van der Waals surface area contributed by atoms with Crippen LogP contribution >= 0.6 is 0 Å². The maximum Gasteiger partial charge on any atom is 0.0914 e. The van der Waals surface area contributed by atoms with Gasteiger partial charge in [0.15, 0.2) is 0 Å². The van der Waals surface area contributed by atoms with Gasteiger partial charge in [-0.25, -0.2) is 0 Å². The first kappa shape index (κ1) is 10.2. The fourth-order valence-corrected chi connectivity index (χ4v) is 1.82. The number of likely N-dealkylation sites (N-methyl/N-ethyl adjacent to an activating group) is 1. The molecule has 0 spiro atoms. The number of hydrogen-bond donors (Lipinski definition) is 2. The fourth-order valence-electron chi connectivity index (χ4n) is 1.82. The molecule has 0 saturated carbocycles. The summed E-state index contributed by atoms with van der Waals surface area (Å²) < 4.78 is 2.07. The molecule has 2 N–H and O–H groups in total. The summed E-state index contributed by atoms with van der Waals surface area (Å²) in [6, 6.07) is 8.12. The van der Waals surface area contributed by atoms with Crippen molar-refractivity contribution in [3.05, 3.63) is 36.0 Å². The Balaban J connectivity index is 2.38. The molecule has 3 nitrogen and oxygen atoms in total. The monoisotopic (exact) mass is 204 g/mol. The molecule has 2 rings (SSSR count). The van der Waals surface area contributed by atoms with Gasteiger partial charge in [-0.05, 0) is 36.2 Å². The van der Waals surface area contributed by atoms with E-state index in [4.69, 9.17) is 0 Å². The SMILES string of the molecule is CNCC(O)c1ccc2c(ccn2C)c1. The minimum absolute atomic E-state index is 0.431. The Morgan fingerprint density at radius 2 is 2.20 bits per heavy atom. The van der Waals surface area contributed by atoms with Crippen LogP contribution in [0.4, 0.5) is 0 Å². The summed E-state index contributed by atoms with van der Waals surface area (Å²) >= 11 is 0. The van der Waals surface area contributed by atoms with Crippen LogP contribution in [0.3, 0.4) is 0 Å². The number of aliphatic hydroxyl groups excluding tert-OH is 1. The third-order valence-corrected chi connectivity index (χ3v) is 2.69. The first-order valence-corrected chi connectivity index (χ1v) is 5.10. The molecule has 0 aliphatic heterocycles. The Hall–Kier alpha value is -1.32. The van der Waals surface area contributed by atoms with E-state index in [9.17, 15) is 5.11 Å². The van der Waals surface area contributed by atoms with E-state index in [1.165, 1.54) is 10.9 Å². The van der Waals surface area contributed by atoms with E-state index in [1.54, 1.807) is 0 Å². The van der Waals surface area contributed by atoms with Crippen molar-refractivity contribution in [2.45, 2.75) is 6.10 Å². The quantitative estimate of drug-likeness (QED) is 0.793. The van der Waals surface area contributed by atoms with Crippen molar-refractivity contribution in [2.75, 3.05) is 13.6 Å². The normalized spacial score (nSPS) is 13.3. The highest BCUT2D eigenvalue weighted by molar-refractivity contribution is 5.80. The summed E-state index contributed by atoms with van der Waals surface area (Å²) in [6.45, 7) is 0.582. The average molecular weight is 204 g/mol. The van der Waals surface area contributed by atoms with Crippen LogP contribution in [0.25, 0.3) is 10.9 Å². The van der Waals surface area contributed by atoms with Crippen molar-refractivity contribution in [3.8, 4) is 0 Å². The number of aliphatic hydroxyl groups is 1. The molecule has 2 aromatic rings. The van der Waals surface area contributed by atoms with Gasteiger partial charge < -0.3 is 15.0 Å². The number of aromatic nitrogens is 1. The highest BCUT2D eigenvalue weighted by atomic mass is 16.3. The molecule has 1 aromatic carbocycles. The Morgan fingerprint density at radius 3 is 2.93 bits per heavy atom. The summed E-state index contributed by atoms with van der Waals surface area (Å²) in [4.78, 5) is 0. The van der Waals surface area contributed by atoms with E-state index in [1.807, 2.05) is 38.5 Å². The second kappa shape index (κ2) is 4.04. The number of nitrogens with one attached hydrogen (secondary N) is 1. The first-order valence-electron chi connectivity index (χ1n) is 5.10. The third kappa shape index (κ3) is 1.89. The van der Waals surface area contributed by atoms with Crippen LogP contribution in [0.15, 0.2) is 30.5 Å². The summed E-state index contributed by atoms with van der Waals surface area (Å²) in [7, 11) is 3.86. The molecular weight excluding hydrogens is 188 g/mol. The summed E-state index contributed by atoms with van der Waals surface area (Å²) in [5, 5.41) is 14.0. The van der Waals surface area contributed by atoms with Crippen molar-refractivity contribution in [1.29, 1.82) is 0 Å². The van der Waals surface area contributed by atoms with Crippen molar-refractivity contribution in [3.63, 3.8) is 0 Å². The smallest absolute Gasteiger partial charge is 0.0914 e. The molecule has 0 radical (unpaired) electrons. The molecule has 0 aliphatic rings. The zero-order valence-corrected chi connectivity index (χ0v) is 9.07. The molecule has 1 heterocycles. The van der Waals surface area contributed by atoms with Gasteiger partial charge in [-0.2, -0.15) is 0 Å². The topological polar surface area (TPSA) is 37.2 Å². The highest BCUT2D eigenvalue weighted by Gasteiger charge is 2.07. The molecular formula is C12H16N2O. The van der Waals surface area contributed by atoms with Gasteiger partial charge >= 0.3 is 0 Å². The molecule has 0 fully saturated rings. The molecule has 1 aromatic heterocycles. The number of rotatable bonds is 3. The van der Waals surface area contributed by atoms with Gasteiger partial charge in [-0.3, -0.25) is 0 Å². The van der Waals surface area contributed by atoms with Gasteiger partial charge in [0.05, 0.1) is 6.10 Å². The molecule has 0 saturated heterocycles. The summed E-state index contributed by atoms with van der Waals surface area (Å²) in [6.07, 6.45) is 1.60. The van der Waals surface area contributed by atoms with Gasteiger partial charge in [0.2, 0.25) is 0 Å². The lowest BCUT2D eigenvalue weighted by atomic mass is 10.1. The maximum absolute atomic E-state index is 9.82. The summed E-state index contributed by atoms with van der Waals surface area (Å²) in [5.74, 6) is 0. The number of aryl methyl sites for hydroxylation is 1. The Bertz CT molecular complexity index is 462. The third-order valence-electron chi connectivity index (χ3n) is 2.69. The van der Waals surface area contributed by atoms with Gasteiger partial charge in [-0.1, -0.05) is 6.07 Å². The second-order valence-corrected chi connectivity index (χ2v) is 3.82. The van der Waals surface area contributed by atoms with Gasteiger partial charge in [0, 0.05) is 25.3 Å². The molecule has 0 aliphatic carbocycles. The maximum atomic E-state index is 9.82. The van der Waals surface area contributed by atoms with E-state index < -0.39 is 6.10 Å². The predicted octanol–water partition coefficient (Wildman–Crippen LogP) is 1.43. The molecule has 0 bridgehead atoms. The van der Waals surface area contributed by atoms with E-state index in [2.05, 4.69) is 16.0 Å². The molecule has 80 valence electrons. The van der Waals surface area contributed by atoms with Crippen LogP contribution in [0.1, 0.15) is 11.7 Å². The zero-order valence-electron chi connectivity index (χ0n) is 9.07. The molecule has 0 amide bonds. The second-order valence-electron chi connectivity index (χ2n) is 3.82. The van der Waals surface area contributed by atoms with Crippen LogP contribution in [0, 0.1) is 0 Å². The van der Waals surface area contributed by atoms with E-state index >= 15 is 0 Å². The molecule has 3 heteroatoms. The van der Waals surface area contributed by atoms with Gasteiger partial charge in [-0.15, -0.1) is 0 Å². The number of fused-ring (bicyclic) bond motifs is 1. The van der Waals surface area contributed by atoms with Crippen molar-refractivity contribution in [1.82, 2.24) is 9.88 Å². The minimum atomic E-state index is -0.431. The zero-order chi connectivity index (χ0) is 10.8. The van der Waals surface area contributed by atoms with Crippen LogP contribution in [0.5, 0.6) is 0 Å². The summed E-state index contributed by atoms with van der Waals surface area (Å²) in [5.41, 5.74) is 2.15. The van der Waals surface area contributed by atoms with Crippen LogP contribution in [-0.4, -0.2) is 23.3 Å². The average Bonchev–Trinajstić information content (AvgIpc) is 2.60. The molecule has 1 unspecified atom stereocenters. The number of hydrogen-bond acceptors (Lipinski definition) is 2. The number of nitrogens with zero attached hydrogens (tertiary/aromatic N) is 1. The lowest BCUT2D eigenvalue weighted by molar-refractivity contribution is 0.178. The lowest BCUT2D eigenvalue weighted by Crippen LogP contribution is -2.16. The van der Waals surface area contributed by atoms with Gasteiger partial charge in [0.1, 0.15) is 0 Å². The van der Waals surface area contributed by atoms with Crippen LogP contribution in [0.2, 0.25) is 0 Å². The number of benzene rings is 1. The van der Waals surface area contributed by atoms with Crippen molar-refractivity contribution >= 4 is 10.9 Å². The van der Waals surface area contributed by atoms with E-state index in [0.717, 1.165) is 5.56 Å². The van der Waals surface area contributed by atoms with Crippen molar-refractivity contribution < 1.29 is 5.11 Å². The Labute approximate surface area is 89.3 Å². The molecule has 15 heavy (non-hydrogen) atoms. The standard InChI is InChI=1S/C12H16N2O/c1-13-8-12(15)10-3-4-11-9(7-10)5-6-14(11)2/h3-7,12-13,15H,8H2,1-2H3. The van der Waals surface area contributed by atoms with Crippen molar-refractivity contribution in [2.24, 2.45) is 7.05 Å². The fraction of sp³-hybridized carbons (Fsp3) is 0.333. The van der Waals surface area contributed by atoms with Crippen LogP contribution < -0.4 is 5.32 Å². The Morgan fingerprint density at radius 1 is 1.40 bits per heavy atom. The minimum Gasteiger partial charge on any atom is -0.387 e. The van der Waals surface area contributed by atoms with E-state index in [-0.39, 0.29) is 0 Å². The molecule has 1 atom stereocenters. The van der Waals surface area contributed by atoms with E-state index in [0.29, 0.717) is 6.54 Å². The van der Waals surface area contributed by atoms with Crippen LogP contribution in [-0.2, 0) is 7.05 Å². The largest absolute Gasteiger partial charge is 0.387 e. The predicted molar refractivity (Wildman–Crippen MR) is 61.8 cm³/mol.